The molecular weight excluding hydrogens is 322 g/mol. The Hall–Kier alpha value is -2.64. The van der Waals surface area contributed by atoms with Crippen LogP contribution in [-0.2, 0) is 11.8 Å². The van der Waals surface area contributed by atoms with Gasteiger partial charge in [0.25, 0.3) is 5.91 Å². The molecule has 0 bridgehead atoms. The van der Waals surface area contributed by atoms with E-state index in [1.165, 1.54) is 0 Å². The number of hydrogen-bond donors (Lipinski definition) is 0. The van der Waals surface area contributed by atoms with Crippen LogP contribution in [0.15, 0.2) is 6.07 Å². The number of aryl methyl sites for hydroxylation is 3. The van der Waals surface area contributed by atoms with Crippen LogP contribution in [-0.4, -0.2) is 68.8 Å². The third-order valence-corrected chi connectivity index (χ3v) is 5.07. The normalized spacial score (nSPS) is 23.1. The average molecular weight is 343 g/mol. The van der Waals surface area contributed by atoms with Gasteiger partial charge in [-0.3, -0.25) is 9.48 Å². The largest absolute Gasteiger partial charge is 0.439 e. The summed E-state index contributed by atoms with van der Waals surface area (Å²) in [5.41, 5.74) is 2.31. The smallest absolute Gasteiger partial charge is 0.410 e. The fraction of sp³-hybridized carbons (Fsp3) is 0.529. The first-order valence-corrected chi connectivity index (χ1v) is 8.34. The van der Waals surface area contributed by atoms with Crippen LogP contribution in [0, 0.1) is 13.8 Å². The van der Waals surface area contributed by atoms with Crippen molar-refractivity contribution in [3.8, 4) is 0 Å². The predicted molar refractivity (Wildman–Crippen MR) is 90.3 cm³/mol. The van der Waals surface area contributed by atoms with Gasteiger partial charge in [0.2, 0.25) is 0 Å². The molecule has 2 fully saturated rings. The standard InChI is InChI=1S/C17H21N5O3/c1-10-7-12(13-11(2)19-21(4)14(13)18-10)15(23)22-6-5-17(9-22)8-20(3)16(24)25-17/h7H,5-6,8-9H2,1-4H3/t17-/m1/s1. The summed E-state index contributed by atoms with van der Waals surface area (Å²) < 4.78 is 7.24. The number of carbonyl (C=O) groups is 2. The molecule has 2 aromatic rings. The molecule has 0 N–H and O–H groups in total. The van der Waals surface area contributed by atoms with Crippen molar-refractivity contribution in [2.24, 2.45) is 7.05 Å². The van der Waals surface area contributed by atoms with Crippen LogP contribution in [0.2, 0.25) is 0 Å². The lowest BCUT2D eigenvalue weighted by Crippen LogP contribution is -2.39. The molecule has 0 unspecified atom stereocenters. The molecule has 2 saturated heterocycles. The van der Waals surface area contributed by atoms with Crippen LogP contribution in [0.4, 0.5) is 4.79 Å². The number of amides is 2. The molecule has 1 atom stereocenters. The highest BCUT2D eigenvalue weighted by molar-refractivity contribution is 6.06. The van der Waals surface area contributed by atoms with Crippen molar-refractivity contribution in [1.82, 2.24) is 24.6 Å². The van der Waals surface area contributed by atoms with Gasteiger partial charge in [-0.05, 0) is 19.9 Å². The molecule has 0 saturated carbocycles. The van der Waals surface area contributed by atoms with Gasteiger partial charge in [-0.25, -0.2) is 9.78 Å². The van der Waals surface area contributed by atoms with Gasteiger partial charge in [-0.15, -0.1) is 0 Å². The average Bonchev–Trinajstić information content (AvgIpc) is 3.16. The highest BCUT2D eigenvalue weighted by atomic mass is 16.6. The second-order valence-corrected chi connectivity index (χ2v) is 7.10. The third kappa shape index (κ3) is 2.35. The molecule has 132 valence electrons. The second-order valence-electron chi connectivity index (χ2n) is 7.10. The fourth-order valence-corrected chi connectivity index (χ4v) is 3.93. The van der Waals surface area contributed by atoms with E-state index >= 15 is 0 Å². The first kappa shape index (κ1) is 15.9. The zero-order valence-corrected chi connectivity index (χ0v) is 14.9. The van der Waals surface area contributed by atoms with E-state index in [9.17, 15) is 9.59 Å². The van der Waals surface area contributed by atoms with Crippen LogP contribution in [0.25, 0.3) is 11.0 Å². The number of likely N-dealkylation sites (N-methyl/N-ethyl adjacent to an activating group) is 1. The minimum Gasteiger partial charge on any atom is -0.439 e. The topological polar surface area (TPSA) is 80.6 Å². The summed E-state index contributed by atoms with van der Waals surface area (Å²) in [5, 5.41) is 5.19. The van der Waals surface area contributed by atoms with Crippen molar-refractivity contribution in [3.05, 3.63) is 23.0 Å². The Bertz CT molecular complexity index is 905. The third-order valence-electron chi connectivity index (χ3n) is 5.07. The highest BCUT2D eigenvalue weighted by Gasteiger charge is 2.49. The van der Waals surface area contributed by atoms with Gasteiger partial charge < -0.3 is 14.5 Å². The molecule has 2 aliphatic rings. The van der Waals surface area contributed by atoms with Crippen LogP contribution in [0.3, 0.4) is 0 Å². The zero-order valence-electron chi connectivity index (χ0n) is 14.9. The van der Waals surface area contributed by atoms with E-state index in [4.69, 9.17) is 4.74 Å². The first-order chi connectivity index (χ1) is 11.8. The van der Waals surface area contributed by atoms with Gasteiger partial charge in [0.1, 0.15) is 0 Å². The zero-order chi connectivity index (χ0) is 17.9. The van der Waals surface area contributed by atoms with E-state index in [1.54, 1.807) is 21.5 Å². The van der Waals surface area contributed by atoms with Crippen molar-refractivity contribution in [1.29, 1.82) is 0 Å². The summed E-state index contributed by atoms with van der Waals surface area (Å²) in [6.45, 7) is 5.27. The molecule has 25 heavy (non-hydrogen) atoms. The van der Waals surface area contributed by atoms with E-state index in [1.807, 2.05) is 27.0 Å². The molecule has 2 aromatic heterocycles. The van der Waals surface area contributed by atoms with Crippen LogP contribution < -0.4 is 0 Å². The number of likely N-dealkylation sites (tertiary alicyclic amines) is 1. The maximum atomic E-state index is 13.2. The second kappa shape index (κ2) is 5.18. The lowest BCUT2D eigenvalue weighted by molar-refractivity contribution is 0.0554. The van der Waals surface area contributed by atoms with Crippen LogP contribution in [0.1, 0.15) is 28.2 Å². The number of pyridine rings is 1. The molecule has 8 heteroatoms. The van der Waals surface area contributed by atoms with Gasteiger partial charge >= 0.3 is 6.09 Å². The van der Waals surface area contributed by atoms with E-state index in [-0.39, 0.29) is 12.0 Å². The molecule has 0 aromatic carbocycles. The lowest BCUT2D eigenvalue weighted by Gasteiger charge is -2.22. The number of rotatable bonds is 1. The molecule has 2 aliphatic heterocycles. The van der Waals surface area contributed by atoms with E-state index in [2.05, 4.69) is 10.1 Å². The van der Waals surface area contributed by atoms with E-state index in [0.29, 0.717) is 37.3 Å². The summed E-state index contributed by atoms with van der Waals surface area (Å²) in [5.74, 6) is -0.0610. The molecular formula is C17H21N5O3. The van der Waals surface area contributed by atoms with Crippen molar-refractivity contribution in [3.63, 3.8) is 0 Å². The molecule has 0 radical (unpaired) electrons. The van der Waals surface area contributed by atoms with Crippen LogP contribution >= 0.6 is 0 Å². The van der Waals surface area contributed by atoms with Gasteiger partial charge in [-0.1, -0.05) is 0 Å². The van der Waals surface area contributed by atoms with E-state index < -0.39 is 5.60 Å². The van der Waals surface area contributed by atoms with Crippen molar-refractivity contribution >= 4 is 23.0 Å². The monoisotopic (exact) mass is 343 g/mol. The molecule has 4 heterocycles. The van der Waals surface area contributed by atoms with Gasteiger partial charge in [0.05, 0.1) is 29.7 Å². The minimum atomic E-state index is -0.577. The Morgan fingerprint density at radius 1 is 1.28 bits per heavy atom. The predicted octanol–water partition coefficient (Wildman–Crippen LogP) is 1.25. The quantitative estimate of drug-likeness (QED) is 0.778. The Morgan fingerprint density at radius 3 is 2.72 bits per heavy atom. The number of carbonyl (C=O) groups excluding carboxylic acids is 2. The molecule has 4 rings (SSSR count). The summed E-state index contributed by atoms with van der Waals surface area (Å²) in [6.07, 6.45) is 0.341. The maximum absolute atomic E-state index is 13.2. The van der Waals surface area contributed by atoms with E-state index in [0.717, 1.165) is 16.8 Å². The SMILES string of the molecule is Cc1cc(C(=O)N2CC[C@@]3(CN(C)C(=O)O3)C2)c2c(C)nn(C)c2n1. The summed E-state index contributed by atoms with van der Waals surface area (Å²) in [4.78, 5) is 32.8. The number of nitrogens with zero attached hydrogens (tertiary/aromatic N) is 5. The Labute approximate surface area is 145 Å². The Balaban J connectivity index is 1.69. The maximum Gasteiger partial charge on any atom is 0.410 e. The summed E-state index contributed by atoms with van der Waals surface area (Å²) >= 11 is 0. The molecule has 8 nitrogen and oxygen atoms in total. The molecule has 1 spiro atoms. The Morgan fingerprint density at radius 2 is 2.04 bits per heavy atom. The molecule has 2 amide bonds. The van der Waals surface area contributed by atoms with Crippen molar-refractivity contribution in [2.75, 3.05) is 26.7 Å². The lowest BCUT2D eigenvalue weighted by atomic mass is 10.0. The Kier molecular flexibility index (Phi) is 3.28. The van der Waals surface area contributed by atoms with Crippen molar-refractivity contribution < 1.29 is 14.3 Å². The number of hydrogen-bond acceptors (Lipinski definition) is 5. The van der Waals surface area contributed by atoms with Gasteiger partial charge in [0.15, 0.2) is 11.2 Å². The summed E-state index contributed by atoms with van der Waals surface area (Å²) in [6, 6.07) is 1.82. The minimum absolute atomic E-state index is 0.0610. The highest BCUT2D eigenvalue weighted by Crippen LogP contribution is 2.33. The number of ether oxygens (including phenoxy) is 1. The van der Waals surface area contributed by atoms with Gasteiger partial charge in [-0.2, -0.15) is 5.10 Å². The number of aromatic nitrogens is 3. The fourth-order valence-electron chi connectivity index (χ4n) is 3.93. The van der Waals surface area contributed by atoms with Crippen LogP contribution in [0.5, 0.6) is 0 Å². The summed E-state index contributed by atoms with van der Waals surface area (Å²) in [7, 11) is 3.55. The van der Waals surface area contributed by atoms with Gasteiger partial charge in [0, 0.05) is 32.8 Å². The molecule has 0 aliphatic carbocycles. The number of fused-ring (bicyclic) bond motifs is 1. The first-order valence-electron chi connectivity index (χ1n) is 8.34. The van der Waals surface area contributed by atoms with Crippen molar-refractivity contribution in [2.45, 2.75) is 25.9 Å².